The van der Waals surface area contributed by atoms with Gasteiger partial charge in [-0.3, -0.25) is 19.8 Å². The van der Waals surface area contributed by atoms with Crippen molar-refractivity contribution in [1.82, 2.24) is 19.6 Å². The maximum absolute atomic E-state index is 13.7. The van der Waals surface area contributed by atoms with Crippen LogP contribution in [0.3, 0.4) is 0 Å². The number of aromatic nitrogens is 4. The van der Waals surface area contributed by atoms with E-state index in [0.717, 1.165) is 5.56 Å². The number of aromatic amines is 2. The van der Waals surface area contributed by atoms with Crippen LogP contribution in [0.4, 0.5) is 0 Å². The van der Waals surface area contributed by atoms with Gasteiger partial charge in [-0.25, -0.2) is 9.36 Å². The van der Waals surface area contributed by atoms with Crippen LogP contribution in [0.15, 0.2) is 74.9 Å². The van der Waals surface area contributed by atoms with Gasteiger partial charge in [0.05, 0.1) is 32.5 Å². The second kappa shape index (κ2) is 8.83. The minimum absolute atomic E-state index is 0.258. The maximum Gasteiger partial charge on any atom is 0.275 e. The number of hydrogen-bond donors (Lipinski definition) is 2. The fourth-order valence-electron chi connectivity index (χ4n) is 4.32. The minimum atomic E-state index is -0.578. The van der Waals surface area contributed by atoms with E-state index in [0.29, 0.717) is 43.9 Å². The Bertz CT molecular complexity index is 1500. The van der Waals surface area contributed by atoms with Crippen molar-refractivity contribution in [2.45, 2.75) is 19.8 Å². The molecule has 5 aromatic rings. The van der Waals surface area contributed by atoms with Gasteiger partial charge >= 0.3 is 0 Å². The third kappa shape index (κ3) is 3.66. The largest absolute Gasteiger partial charge is 0.295 e. The van der Waals surface area contributed by atoms with Gasteiger partial charge in [-0.1, -0.05) is 47.5 Å². The molecule has 2 aromatic carbocycles. The second-order valence-corrected chi connectivity index (χ2v) is 9.57. The van der Waals surface area contributed by atoms with E-state index in [1.807, 2.05) is 54.9 Å². The van der Waals surface area contributed by atoms with Gasteiger partial charge in [-0.15, -0.1) is 0 Å². The first-order valence-electron chi connectivity index (χ1n) is 10.5. The number of nitrogens with zero attached hydrogens (tertiary/aromatic N) is 2. The van der Waals surface area contributed by atoms with E-state index in [9.17, 15) is 9.59 Å². The molecule has 0 spiro atoms. The van der Waals surface area contributed by atoms with Crippen LogP contribution in [0.25, 0.3) is 11.4 Å². The molecule has 6 nitrogen and oxygen atoms in total. The SMILES string of the molecule is Cc1[nH]n(-c2ccccc2Cl)c(=O)c1C(c1ccsc1)c1c(C)[nH]n(-c2ccccc2Cl)c1=O. The second-order valence-electron chi connectivity index (χ2n) is 7.97. The van der Waals surface area contributed by atoms with E-state index in [-0.39, 0.29) is 11.1 Å². The molecule has 9 heteroatoms. The first kappa shape index (κ1) is 22.5. The first-order valence-corrected chi connectivity index (χ1v) is 12.2. The molecule has 0 radical (unpaired) electrons. The lowest BCUT2D eigenvalue weighted by atomic mass is 9.87. The molecule has 2 N–H and O–H groups in total. The molecule has 0 saturated heterocycles. The number of nitrogens with one attached hydrogen (secondary N) is 2. The molecule has 3 aromatic heterocycles. The van der Waals surface area contributed by atoms with Crippen molar-refractivity contribution >= 4 is 34.5 Å². The fraction of sp³-hybridized carbons (Fsp3) is 0.120. The van der Waals surface area contributed by atoms with Crippen molar-refractivity contribution in [3.63, 3.8) is 0 Å². The number of aryl methyl sites for hydroxylation is 2. The van der Waals surface area contributed by atoms with Crippen molar-refractivity contribution in [1.29, 1.82) is 0 Å². The van der Waals surface area contributed by atoms with E-state index < -0.39 is 5.92 Å². The Kier molecular flexibility index (Phi) is 5.85. The molecule has 172 valence electrons. The van der Waals surface area contributed by atoms with Gasteiger partial charge in [-0.2, -0.15) is 11.3 Å². The fourth-order valence-corrected chi connectivity index (χ4v) is 5.45. The zero-order valence-corrected chi connectivity index (χ0v) is 20.6. The standard InChI is InChI=1S/C25H20Cl2N4O2S/c1-14-21(24(32)30(28-14)19-9-5-3-7-17(19)26)23(16-11-12-34-13-16)22-15(2)29-31(25(22)33)20-10-6-4-8-18(20)27/h3-13,23,28-29H,1-2H3. The number of para-hydroxylation sites is 2. The van der Waals surface area contributed by atoms with Gasteiger partial charge in [0.15, 0.2) is 0 Å². The zero-order chi connectivity index (χ0) is 24.0. The van der Waals surface area contributed by atoms with Crippen LogP contribution in [0.1, 0.15) is 34.0 Å². The Morgan fingerprint density at radius 3 is 1.65 bits per heavy atom. The number of rotatable bonds is 5. The van der Waals surface area contributed by atoms with Crippen molar-refractivity contribution in [3.8, 4) is 11.4 Å². The summed E-state index contributed by atoms with van der Waals surface area (Å²) in [6.45, 7) is 3.66. The normalized spacial score (nSPS) is 11.4. The average Bonchev–Trinajstić information content (AvgIpc) is 3.51. The van der Waals surface area contributed by atoms with Crippen LogP contribution >= 0.6 is 34.5 Å². The maximum atomic E-state index is 13.7. The number of hydrogen-bond acceptors (Lipinski definition) is 3. The molecule has 0 unspecified atom stereocenters. The lowest BCUT2D eigenvalue weighted by molar-refractivity contribution is 0.831. The summed E-state index contributed by atoms with van der Waals surface area (Å²) in [6.07, 6.45) is 0. The van der Waals surface area contributed by atoms with E-state index in [4.69, 9.17) is 23.2 Å². The summed E-state index contributed by atoms with van der Waals surface area (Å²) in [4.78, 5) is 27.5. The Morgan fingerprint density at radius 1 is 0.765 bits per heavy atom. The summed E-state index contributed by atoms with van der Waals surface area (Å²) in [6, 6.07) is 16.2. The predicted molar refractivity (Wildman–Crippen MR) is 138 cm³/mol. The molecule has 5 rings (SSSR count). The van der Waals surface area contributed by atoms with Crippen LogP contribution in [0.5, 0.6) is 0 Å². The lowest BCUT2D eigenvalue weighted by Crippen LogP contribution is -2.25. The molecule has 0 bridgehead atoms. The van der Waals surface area contributed by atoms with Crippen LogP contribution < -0.4 is 11.1 Å². The molecule has 0 atom stereocenters. The lowest BCUT2D eigenvalue weighted by Gasteiger charge is -2.14. The van der Waals surface area contributed by atoms with Gasteiger partial charge in [0, 0.05) is 17.3 Å². The highest BCUT2D eigenvalue weighted by atomic mass is 35.5. The van der Waals surface area contributed by atoms with E-state index in [1.165, 1.54) is 20.7 Å². The van der Waals surface area contributed by atoms with Gasteiger partial charge in [0.25, 0.3) is 11.1 Å². The highest BCUT2D eigenvalue weighted by Gasteiger charge is 2.31. The first-order chi connectivity index (χ1) is 16.4. The Morgan fingerprint density at radius 2 is 1.24 bits per heavy atom. The third-order valence-electron chi connectivity index (χ3n) is 5.87. The molecule has 0 aliphatic carbocycles. The zero-order valence-electron chi connectivity index (χ0n) is 18.3. The third-order valence-corrected chi connectivity index (χ3v) is 7.22. The highest BCUT2D eigenvalue weighted by molar-refractivity contribution is 7.08. The minimum Gasteiger partial charge on any atom is -0.295 e. The summed E-state index contributed by atoms with van der Waals surface area (Å²) in [5.74, 6) is -0.578. The topological polar surface area (TPSA) is 75.6 Å². The van der Waals surface area contributed by atoms with E-state index in [1.54, 1.807) is 24.3 Å². The molecule has 3 heterocycles. The molecule has 34 heavy (non-hydrogen) atoms. The molecule has 0 aliphatic rings. The van der Waals surface area contributed by atoms with Crippen LogP contribution in [-0.2, 0) is 0 Å². The van der Waals surface area contributed by atoms with Crippen molar-refractivity contribution in [3.05, 3.63) is 124 Å². The van der Waals surface area contributed by atoms with Gasteiger partial charge < -0.3 is 0 Å². The van der Waals surface area contributed by atoms with Crippen LogP contribution in [-0.4, -0.2) is 19.6 Å². The summed E-state index contributed by atoms with van der Waals surface area (Å²) in [5, 5.41) is 11.1. The van der Waals surface area contributed by atoms with E-state index >= 15 is 0 Å². The van der Waals surface area contributed by atoms with Crippen molar-refractivity contribution in [2.75, 3.05) is 0 Å². The Labute approximate surface area is 209 Å². The molecular formula is C25H20Cl2N4O2S. The number of H-pyrrole nitrogens is 2. The molecule has 0 saturated carbocycles. The van der Waals surface area contributed by atoms with Crippen LogP contribution in [0.2, 0.25) is 10.0 Å². The molecular weight excluding hydrogens is 491 g/mol. The highest BCUT2D eigenvalue weighted by Crippen LogP contribution is 2.34. The number of thiophene rings is 1. The summed E-state index contributed by atoms with van der Waals surface area (Å²) in [7, 11) is 0. The monoisotopic (exact) mass is 510 g/mol. The summed E-state index contributed by atoms with van der Waals surface area (Å²) in [5.41, 5.74) is 3.74. The molecule has 0 fully saturated rings. The Hall–Kier alpha value is -3.26. The Balaban J connectivity index is 1.76. The van der Waals surface area contributed by atoms with Crippen molar-refractivity contribution < 1.29 is 0 Å². The molecule has 0 aliphatic heterocycles. The van der Waals surface area contributed by atoms with Gasteiger partial charge in [0.2, 0.25) is 0 Å². The number of benzene rings is 2. The smallest absolute Gasteiger partial charge is 0.275 e. The van der Waals surface area contributed by atoms with E-state index in [2.05, 4.69) is 10.2 Å². The number of halogens is 2. The predicted octanol–water partition coefficient (Wildman–Crippen LogP) is 5.81. The summed E-state index contributed by atoms with van der Waals surface area (Å²) >= 11 is 14.3. The van der Waals surface area contributed by atoms with Gasteiger partial charge in [0.1, 0.15) is 0 Å². The van der Waals surface area contributed by atoms with Gasteiger partial charge in [-0.05, 0) is 60.5 Å². The molecule has 0 amide bonds. The van der Waals surface area contributed by atoms with Crippen LogP contribution in [0, 0.1) is 13.8 Å². The summed E-state index contributed by atoms with van der Waals surface area (Å²) < 4.78 is 2.86. The average molecular weight is 511 g/mol. The van der Waals surface area contributed by atoms with Crippen molar-refractivity contribution in [2.24, 2.45) is 0 Å². The quantitative estimate of drug-likeness (QED) is 0.313.